The number of para-hydroxylation sites is 1. The molecular weight excluding hydrogens is 375 g/mol. The second-order valence-corrected chi connectivity index (χ2v) is 8.32. The molecule has 0 amide bonds. The average molecular weight is 411 g/mol. The van der Waals surface area contributed by atoms with Gasteiger partial charge in [0.05, 0.1) is 11.2 Å². The lowest BCUT2D eigenvalue weighted by Gasteiger charge is -2.42. The zero-order valence-corrected chi connectivity index (χ0v) is 18.8. The maximum Gasteiger partial charge on any atom is 0.126 e. The van der Waals surface area contributed by atoms with Crippen LogP contribution in [0.2, 0.25) is 0 Å². The van der Waals surface area contributed by atoms with Gasteiger partial charge in [-0.25, -0.2) is 4.39 Å². The summed E-state index contributed by atoms with van der Waals surface area (Å²) < 4.78 is 14.1. The Morgan fingerprint density at radius 3 is 2.80 bits per heavy atom. The lowest BCUT2D eigenvalue weighted by molar-refractivity contribution is 0.0802. The molecule has 5 heteroatoms. The first-order valence-corrected chi connectivity index (χ1v) is 10.9. The summed E-state index contributed by atoms with van der Waals surface area (Å²) in [6.07, 6.45) is 5.44. The quantitative estimate of drug-likeness (QED) is 0.541. The number of likely N-dealkylation sites (N-methyl/N-ethyl adjacent to an activating group) is 1. The van der Waals surface area contributed by atoms with Gasteiger partial charge in [-0.15, -0.1) is 0 Å². The van der Waals surface area contributed by atoms with E-state index in [4.69, 9.17) is 0 Å². The zero-order valence-electron chi connectivity index (χ0n) is 18.8. The molecule has 2 unspecified atom stereocenters. The van der Waals surface area contributed by atoms with Gasteiger partial charge in [-0.2, -0.15) is 0 Å². The predicted octanol–water partition coefficient (Wildman–Crippen LogP) is 5.78. The summed E-state index contributed by atoms with van der Waals surface area (Å²) in [6.45, 7) is 17.7. The number of rotatable bonds is 8. The Kier molecular flexibility index (Phi) is 7.16. The highest BCUT2D eigenvalue weighted by Crippen LogP contribution is 2.33. The third-order valence-corrected chi connectivity index (χ3v) is 6.27. The van der Waals surface area contributed by atoms with Crippen molar-refractivity contribution in [1.82, 2.24) is 14.8 Å². The summed E-state index contributed by atoms with van der Waals surface area (Å²) >= 11 is 0. The fraction of sp³-hybridized carbons (Fsp3) is 0.440. The minimum atomic E-state index is -0.300. The zero-order chi connectivity index (χ0) is 21.8. The van der Waals surface area contributed by atoms with E-state index < -0.39 is 0 Å². The molecule has 1 aliphatic heterocycles. The van der Waals surface area contributed by atoms with Gasteiger partial charge in [0.15, 0.2) is 0 Å². The van der Waals surface area contributed by atoms with Crippen LogP contribution in [0.3, 0.4) is 0 Å². The third-order valence-electron chi connectivity index (χ3n) is 6.27. The number of piperazine rings is 1. The number of hydrogen-bond donors (Lipinski definition) is 2. The van der Waals surface area contributed by atoms with E-state index in [1.165, 1.54) is 6.08 Å². The first kappa shape index (κ1) is 22.3. The Labute approximate surface area is 180 Å². The van der Waals surface area contributed by atoms with Crippen LogP contribution < -0.4 is 5.32 Å². The minimum Gasteiger partial charge on any atom is -0.359 e. The van der Waals surface area contributed by atoms with E-state index in [-0.39, 0.29) is 11.9 Å². The van der Waals surface area contributed by atoms with Crippen LogP contribution in [-0.2, 0) is 0 Å². The number of nitrogens with zero attached hydrogens (tertiary/aromatic N) is 2. The SMILES string of the molecule is C=C(/C(F)=C\C)c1c[nH]c2c(NC(=C)C(CCC)N3CCN(C)C(C)C3)cccc12. The molecule has 0 radical (unpaired) electrons. The van der Waals surface area contributed by atoms with Gasteiger partial charge in [0.1, 0.15) is 5.83 Å². The van der Waals surface area contributed by atoms with E-state index in [9.17, 15) is 4.39 Å². The molecule has 2 N–H and O–H groups in total. The van der Waals surface area contributed by atoms with E-state index in [0.717, 1.165) is 60.3 Å². The number of hydrogen-bond acceptors (Lipinski definition) is 3. The van der Waals surface area contributed by atoms with Crippen LogP contribution in [0.25, 0.3) is 16.5 Å². The van der Waals surface area contributed by atoms with Gasteiger partial charge in [0.2, 0.25) is 0 Å². The first-order valence-electron chi connectivity index (χ1n) is 10.9. The number of H-pyrrole nitrogens is 1. The van der Waals surface area contributed by atoms with Crippen LogP contribution >= 0.6 is 0 Å². The number of fused-ring (bicyclic) bond motifs is 1. The minimum absolute atomic E-state index is 0.284. The first-order chi connectivity index (χ1) is 14.4. The molecule has 0 aliphatic carbocycles. The van der Waals surface area contributed by atoms with Gasteiger partial charge in [-0.1, -0.05) is 44.7 Å². The molecule has 0 saturated carbocycles. The summed E-state index contributed by atoms with van der Waals surface area (Å²) in [5.74, 6) is -0.300. The Morgan fingerprint density at radius 1 is 1.37 bits per heavy atom. The third kappa shape index (κ3) is 4.52. The van der Waals surface area contributed by atoms with Gasteiger partial charge in [-0.3, -0.25) is 4.90 Å². The standard InChI is InChI=1S/C25H35FN4/c1-7-10-24(30-14-13-29(6)17(3)16-30)19(5)28-23-12-9-11-20-21(15-27-25(20)23)18(4)22(26)8-2/h8-9,11-12,15,17,24,27-28H,4-5,7,10,13-14,16H2,1-3,6H3/b22-8+. The molecule has 2 atom stereocenters. The van der Waals surface area contributed by atoms with Crippen molar-refractivity contribution in [2.45, 2.75) is 45.7 Å². The summed E-state index contributed by atoms with van der Waals surface area (Å²) in [4.78, 5) is 8.27. The normalized spacial score (nSPS) is 19.8. The maximum absolute atomic E-state index is 14.1. The van der Waals surface area contributed by atoms with Crippen LogP contribution in [0.5, 0.6) is 0 Å². The lowest BCUT2D eigenvalue weighted by Crippen LogP contribution is -2.54. The second kappa shape index (κ2) is 9.63. The van der Waals surface area contributed by atoms with Crippen molar-refractivity contribution in [3.63, 3.8) is 0 Å². The fourth-order valence-electron chi connectivity index (χ4n) is 4.28. The molecule has 0 spiro atoms. The van der Waals surface area contributed by atoms with Gasteiger partial charge >= 0.3 is 0 Å². The molecule has 30 heavy (non-hydrogen) atoms. The molecule has 1 saturated heterocycles. The van der Waals surface area contributed by atoms with Crippen molar-refractivity contribution in [2.24, 2.45) is 0 Å². The smallest absolute Gasteiger partial charge is 0.126 e. The van der Waals surface area contributed by atoms with Gasteiger partial charge < -0.3 is 15.2 Å². The highest BCUT2D eigenvalue weighted by molar-refractivity contribution is 6.01. The Bertz CT molecular complexity index is 942. The van der Waals surface area contributed by atoms with Crippen LogP contribution in [-0.4, -0.2) is 53.5 Å². The maximum atomic E-state index is 14.1. The van der Waals surface area contributed by atoms with Crippen molar-refractivity contribution in [3.05, 3.63) is 60.7 Å². The topological polar surface area (TPSA) is 34.3 Å². The average Bonchev–Trinajstić information content (AvgIpc) is 3.18. The molecule has 3 rings (SSSR count). The number of benzene rings is 1. The Hall–Kier alpha value is -2.37. The fourth-order valence-corrected chi connectivity index (χ4v) is 4.28. The number of anilines is 1. The van der Waals surface area contributed by atoms with E-state index in [2.05, 4.69) is 54.2 Å². The summed E-state index contributed by atoms with van der Waals surface area (Å²) in [7, 11) is 2.19. The van der Waals surface area contributed by atoms with Crippen molar-refractivity contribution in [3.8, 4) is 0 Å². The summed E-state index contributed by atoms with van der Waals surface area (Å²) in [5, 5.41) is 4.52. The van der Waals surface area contributed by atoms with Crippen LogP contribution in [0.1, 0.15) is 39.2 Å². The Morgan fingerprint density at radius 2 is 2.13 bits per heavy atom. The number of aromatic amines is 1. The largest absolute Gasteiger partial charge is 0.359 e. The monoisotopic (exact) mass is 410 g/mol. The van der Waals surface area contributed by atoms with E-state index in [1.807, 2.05) is 24.4 Å². The molecular formula is C25H35FN4. The number of halogens is 1. The van der Waals surface area contributed by atoms with E-state index in [1.54, 1.807) is 6.92 Å². The van der Waals surface area contributed by atoms with Crippen LogP contribution in [0.15, 0.2) is 55.2 Å². The van der Waals surface area contributed by atoms with Crippen LogP contribution in [0, 0.1) is 0 Å². The second-order valence-electron chi connectivity index (χ2n) is 8.32. The predicted molar refractivity (Wildman–Crippen MR) is 127 cm³/mol. The molecule has 162 valence electrons. The van der Waals surface area contributed by atoms with E-state index >= 15 is 0 Å². The highest BCUT2D eigenvalue weighted by Gasteiger charge is 2.28. The van der Waals surface area contributed by atoms with Gasteiger partial charge in [0.25, 0.3) is 0 Å². The number of allylic oxidation sites excluding steroid dienone is 3. The van der Waals surface area contributed by atoms with Crippen molar-refractivity contribution in [2.75, 3.05) is 32.0 Å². The van der Waals surface area contributed by atoms with Crippen LogP contribution in [0.4, 0.5) is 10.1 Å². The molecule has 4 nitrogen and oxygen atoms in total. The highest BCUT2D eigenvalue weighted by atomic mass is 19.1. The molecule has 1 aromatic heterocycles. The van der Waals surface area contributed by atoms with Gasteiger partial charge in [-0.05, 0) is 33.4 Å². The lowest BCUT2D eigenvalue weighted by atomic mass is 10.0. The van der Waals surface area contributed by atoms with Crippen molar-refractivity contribution < 1.29 is 4.39 Å². The molecule has 2 heterocycles. The number of aromatic nitrogens is 1. The summed E-state index contributed by atoms with van der Waals surface area (Å²) in [6, 6.07) is 6.84. The van der Waals surface area contributed by atoms with Gasteiger partial charge in [0, 0.05) is 60.1 Å². The van der Waals surface area contributed by atoms with E-state index in [0.29, 0.717) is 11.6 Å². The molecule has 1 aromatic carbocycles. The Balaban J connectivity index is 1.84. The molecule has 1 fully saturated rings. The summed E-state index contributed by atoms with van der Waals surface area (Å²) in [5.41, 5.74) is 4.10. The molecule has 2 aromatic rings. The van der Waals surface area contributed by atoms with Crippen molar-refractivity contribution >= 4 is 22.2 Å². The molecule has 1 aliphatic rings. The number of nitrogens with one attached hydrogen (secondary N) is 2. The molecule has 0 bridgehead atoms. The van der Waals surface area contributed by atoms with Crippen molar-refractivity contribution in [1.29, 1.82) is 0 Å².